The normalized spacial score (nSPS) is 15.5. The summed E-state index contributed by atoms with van der Waals surface area (Å²) >= 11 is 0. The van der Waals surface area contributed by atoms with Gasteiger partial charge < -0.3 is 15.2 Å². The van der Waals surface area contributed by atoms with Crippen LogP contribution in [0, 0.1) is 0 Å². The Morgan fingerprint density at radius 1 is 0.971 bits per heavy atom. The van der Waals surface area contributed by atoms with Crippen LogP contribution in [-0.2, 0) is 4.79 Å². The van der Waals surface area contributed by atoms with Gasteiger partial charge in [-0.05, 0) is 69.0 Å². The molecule has 1 atom stereocenters. The van der Waals surface area contributed by atoms with E-state index in [1.54, 1.807) is 12.4 Å². The molecule has 1 aliphatic carbocycles. The summed E-state index contributed by atoms with van der Waals surface area (Å²) in [5.41, 5.74) is 2.74. The molecular weight excluding hydrogens is 424 g/mol. The summed E-state index contributed by atoms with van der Waals surface area (Å²) in [6.07, 6.45) is 8.41. The number of hydrogen-bond donors (Lipinski definition) is 2. The van der Waals surface area contributed by atoms with Gasteiger partial charge >= 0.3 is 0 Å². The Morgan fingerprint density at radius 2 is 1.65 bits per heavy atom. The summed E-state index contributed by atoms with van der Waals surface area (Å²) in [7, 11) is 0. The second-order valence-corrected chi connectivity index (χ2v) is 10.1. The second kappa shape index (κ2) is 10.2. The van der Waals surface area contributed by atoms with Crippen LogP contribution in [-0.4, -0.2) is 38.3 Å². The van der Waals surface area contributed by atoms with Crippen LogP contribution in [0.1, 0.15) is 75.0 Å². The van der Waals surface area contributed by atoms with E-state index in [0.717, 1.165) is 48.9 Å². The lowest BCUT2D eigenvalue weighted by Crippen LogP contribution is -2.52. The van der Waals surface area contributed by atoms with E-state index in [0.29, 0.717) is 5.69 Å². The molecule has 0 bridgehead atoms. The Hall–Kier alpha value is -3.41. The van der Waals surface area contributed by atoms with Crippen LogP contribution in [0.4, 0.5) is 0 Å². The van der Waals surface area contributed by atoms with Crippen LogP contribution >= 0.6 is 0 Å². The van der Waals surface area contributed by atoms with Crippen molar-refractivity contribution in [2.75, 3.05) is 0 Å². The zero-order chi connectivity index (χ0) is 24.1. The predicted molar refractivity (Wildman–Crippen MR) is 134 cm³/mol. The van der Waals surface area contributed by atoms with Gasteiger partial charge in [0, 0.05) is 29.7 Å². The highest BCUT2D eigenvalue weighted by Crippen LogP contribution is 2.33. The van der Waals surface area contributed by atoms with Crippen molar-refractivity contribution in [3.63, 3.8) is 0 Å². The van der Waals surface area contributed by atoms with E-state index in [4.69, 9.17) is 0 Å². The Labute approximate surface area is 201 Å². The number of H-pyrrole nitrogens is 1. The van der Waals surface area contributed by atoms with Gasteiger partial charge in [0.25, 0.3) is 5.91 Å². The van der Waals surface area contributed by atoms with E-state index < -0.39 is 11.6 Å². The highest BCUT2D eigenvalue weighted by molar-refractivity contribution is 5.97. The van der Waals surface area contributed by atoms with Gasteiger partial charge in [-0.15, -0.1) is 0 Å². The number of amides is 2. The maximum absolute atomic E-state index is 14.1. The molecule has 0 aliphatic heterocycles. The van der Waals surface area contributed by atoms with Gasteiger partial charge in [-0.3, -0.25) is 14.6 Å². The lowest BCUT2D eigenvalue weighted by atomic mass is 9.91. The van der Waals surface area contributed by atoms with Gasteiger partial charge in [-0.2, -0.15) is 0 Å². The first-order valence-electron chi connectivity index (χ1n) is 12.1. The average molecular weight is 459 g/mol. The number of carbonyl (C=O) groups is 2. The molecule has 3 aromatic rings. The fourth-order valence-electron chi connectivity index (χ4n) is 4.72. The maximum Gasteiger partial charge on any atom is 0.271 e. The number of carbonyl (C=O) groups excluding carboxylic acids is 2. The zero-order valence-corrected chi connectivity index (χ0v) is 20.3. The molecule has 6 nitrogen and oxygen atoms in total. The minimum Gasteiger partial charge on any atom is -0.351 e. The lowest BCUT2D eigenvalue weighted by molar-refractivity contribution is -0.128. The number of nitrogens with one attached hydrogen (secondary N) is 2. The maximum atomic E-state index is 14.1. The van der Waals surface area contributed by atoms with E-state index in [1.165, 1.54) is 0 Å². The molecule has 4 rings (SSSR count). The Morgan fingerprint density at radius 3 is 2.29 bits per heavy atom. The van der Waals surface area contributed by atoms with E-state index in [2.05, 4.69) is 15.3 Å². The molecular formula is C28H34N4O2. The number of hydrogen-bond acceptors (Lipinski definition) is 3. The SMILES string of the molecule is CC(C)(C)NC(=O)C(c1ccncc1)N(C(=O)c1ccc(-c2ccccc2)[nH]1)C1CCCCC1. The smallest absolute Gasteiger partial charge is 0.271 e. The van der Waals surface area contributed by atoms with E-state index >= 15 is 0 Å². The van der Waals surface area contributed by atoms with Crippen molar-refractivity contribution < 1.29 is 9.59 Å². The average Bonchev–Trinajstić information content (AvgIpc) is 3.33. The molecule has 2 heterocycles. The predicted octanol–water partition coefficient (Wildman–Crippen LogP) is 5.51. The number of benzene rings is 1. The highest BCUT2D eigenvalue weighted by Gasteiger charge is 2.38. The van der Waals surface area contributed by atoms with E-state index in [9.17, 15) is 9.59 Å². The number of nitrogens with zero attached hydrogens (tertiary/aromatic N) is 2. The first-order chi connectivity index (χ1) is 16.3. The van der Waals surface area contributed by atoms with Crippen LogP contribution in [0.5, 0.6) is 0 Å². The zero-order valence-electron chi connectivity index (χ0n) is 20.3. The first-order valence-corrected chi connectivity index (χ1v) is 12.1. The molecule has 0 spiro atoms. The van der Waals surface area contributed by atoms with Gasteiger partial charge in [0.2, 0.25) is 5.91 Å². The van der Waals surface area contributed by atoms with Crippen LogP contribution in [0.2, 0.25) is 0 Å². The summed E-state index contributed by atoms with van der Waals surface area (Å²) in [6.45, 7) is 5.87. The molecule has 178 valence electrons. The molecule has 1 fully saturated rings. The minimum atomic E-state index is -0.735. The summed E-state index contributed by atoms with van der Waals surface area (Å²) in [6, 6.07) is 16.6. The van der Waals surface area contributed by atoms with Crippen molar-refractivity contribution in [3.8, 4) is 11.3 Å². The molecule has 2 amide bonds. The highest BCUT2D eigenvalue weighted by atomic mass is 16.2. The third-order valence-corrected chi connectivity index (χ3v) is 6.25. The largest absolute Gasteiger partial charge is 0.351 e. The van der Waals surface area contributed by atoms with Crippen molar-refractivity contribution in [2.45, 2.75) is 70.5 Å². The molecule has 6 heteroatoms. The number of aromatic amines is 1. The number of rotatable bonds is 6. The minimum absolute atomic E-state index is 0.00592. The molecule has 0 radical (unpaired) electrons. The van der Waals surface area contributed by atoms with Gasteiger partial charge in [0.15, 0.2) is 0 Å². The van der Waals surface area contributed by atoms with Crippen LogP contribution in [0.3, 0.4) is 0 Å². The van der Waals surface area contributed by atoms with Crippen molar-refractivity contribution in [3.05, 3.63) is 78.2 Å². The Bertz CT molecular complexity index is 1100. The van der Waals surface area contributed by atoms with Crippen LogP contribution in [0.25, 0.3) is 11.3 Å². The topological polar surface area (TPSA) is 78.1 Å². The molecule has 1 aromatic carbocycles. The van der Waals surface area contributed by atoms with E-state index in [1.807, 2.05) is 80.3 Å². The molecule has 1 aliphatic rings. The van der Waals surface area contributed by atoms with Crippen molar-refractivity contribution in [2.24, 2.45) is 0 Å². The lowest BCUT2D eigenvalue weighted by Gasteiger charge is -2.40. The second-order valence-electron chi connectivity index (χ2n) is 10.1. The van der Waals surface area contributed by atoms with Gasteiger partial charge in [0.05, 0.1) is 0 Å². The fourth-order valence-corrected chi connectivity index (χ4v) is 4.72. The third kappa shape index (κ3) is 5.56. The molecule has 1 saturated carbocycles. The van der Waals surface area contributed by atoms with Gasteiger partial charge in [0.1, 0.15) is 11.7 Å². The van der Waals surface area contributed by atoms with E-state index in [-0.39, 0.29) is 17.9 Å². The van der Waals surface area contributed by atoms with Gasteiger partial charge in [-0.25, -0.2) is 0 Å². The molecule has 1 unspecified atom stereocenters. The Kier molecular flexibility index (Phi) is 7.15. The van der Waals surface area contributed by atoms with Crippen molar-refractivity contribution >= 4 is 11.8 Å². The Balaban J connectivity index is 1.75. The number of pyridine rings is 1. The standard InChI is InChI=1S/C28H34N4O2/c1-28(2,3)31-26(33)25(21-16-18-29-19-17-21)32(22-12-8-5-9-13-22)27(34)24-15-14-23(30-24)20-10-6-4-7-11-20/h4,6-7,10-11,14-19,22,25,30H,5,8-9,12-13H2,1-3H3,(H,31,33). The molecule has 34 heavy (non-hydrogen) atoms. The quantitative estimate of drug-likeness (QED) is 0.511. The van der Waals surface area contributed by atoms with Gasteiger partial charge in [-0.1, -0.05) is 49.6 Å². The summed E-state index contributed by atoms with van der Waals surface area (Å²) in [5.74, 6) is -0.326. The summed E-state index contributed by atoms with van der Waals surface area (Å²) < 4.78 is 0. The molecule has 2 aromatic heterocycles. The number of aromatic nitrogens is 2. The van der Waals surface area contributed by atoms with Crippen molar-refractivity contribution in [1.82, 2.24) is 20.2 Å². The van der Waals surface area contributed by atoms with Crippen LogP contribution < -0.4 is 5.32 Å². The van der Waals surface area contributed by atoms with Crippen molar-refractivity contribution in [1.29, 1.82) is 0 Å². The summed E-state index contributed by atoms with van der Waals surface area (Å²) in [4.78, 5) is 37.0. The summed E-state index contributed by atoms with van der Waals surface area (Å²) in [5, 5.41) is 3.11. The first kappa shape index (κ1) is 23.7. The van der Waals surface area contributed by atoms with Crippen LogP contribution in [0.15, 0.2) is 67.0 Å². The molecule has 2 N–H and O–H groups in total. The monoisotopic (exact) mass is 458 g/mol. The molecule has 0 saturated heterocycles. The fraction of sp³-hybridized carbons (Fsp3) is 0.393. The third-order valence-electron chi connectivity index (χ3n) is 6.25.